The summed E-state index contributed by atoms with van der Waals surface area (Å²) in [5.74, 6) is 1.24. The van der Waals surface area contributed by atoms with E-state index in [-0.39, 0.29) is 0 Å². The van der Waals surface area contributed by atoms with Gasteiger partial charge in [-0.05, 0) is 31.6 Å². The van der Waals surface area contributed by atoms with Gasteiger partial charge in [-0.2, -0.15) is 0 Å². The molecule has 0 aromatic rings. The van der Waals surface area contributed by atoms with Crippen molar-refractivity contribution in [3.8, 4) is 0 Å². The van der Waals surface area contributed by atoms with Gasteiger partial charge in [0.15, 0.2) is 5.96 Å². The third kappa shape index (κ3) is 10.5. The van der Waals surface area contributed by atoms with E-state index >= 15 is 0 Å². The predicted octanol–water partition coefficient (Wildman–Crippen LogP) is 2.30. The average molecular weight is 299 g/mol. The maximum Gasteiger partial charge on any atom is 0.188 e. The molecular weight excluding hydrogens is 266 g/mol. The van der Waals surface area contributed by atoms with Crippen LogP contribution in [-0.2, 0) is 9.47 Å². The lowest BCUT2D eigenvalue weighted by molar-refractivity contribution is 0.0205. The topological polar surface area (TPSA) is 68.9 Å². The number of ether oxygens (including phenoxy) is 2. The minimum absolute atomic E-state index is 0.566. The highest BCUT2D eigenvalue weighted by Crippen LogP contribution is 2.14. The van der Waals surface area contributed by atoms with Gasteiger partial charge in [0.2, 0.25) is 0 Å². The summed E-state index contributed by atoms with van der Waals surface area (Å²) in [6.45, 7) is 7.28. The van der Waals surface area contributed by atoms with Crippen molar-refractivity contribution in [2.75, 3.05) is 39.5 Å². The second kappa shape index (κ2) is 12.9. The molecule has 0 radical (unpaired) electrons. The van der Waals surface area contributed by atoms with Crippen molar-refractivity contribution in [1.82, 2.24) is 5.32 Å². The van der Waals surface area contributed by atoms with E-state index in [1.54, 1.807) is 0 Å². The first kappa shape index (κ1) is 18.2. The predicted molar refractivity (Wildman–Crippen MR) is 87.6 cm³/mol. The molecule has 0 aliphatic carbocycles. The second-order valence-electron chi connectivity index (χ2n) is 5.74. The molecule has 0 amide bonds. The Morgan fingerprint density at radius 1 is 1.24 bits per heavy atom. The van der Waals surface area contributed by atoms with Gasteiger partial charge in [-0.15, -0.1) is 0 Å². The minimum Gasteiger partial charge on any atom is -0.381 e. The minimum atomic E-state index is 0.566. The third-order valence-electron chi connectivity index (χ3n) is 3.76. The molecule has 1 saturated heterocycles. The summed E-state index contributed by atoms with van der Waals surface area (Å²) < 4.78 is 11.0. The SMILES string of the molecule is CCCCCCNC(N)=NCCCOCC1CCOCC1. The van der Waals surface area contributed by atoms with E-state index in [1.807, 2.05) is 0 Å². The highest BCUT2D eigenvalue weighted by Gasteiger charge is 2.13. The lowest BCUT2D eigenvalue weighted by Crippen LogP contribution is -2.32. The summed E-state index contributed by atoms with van der Waals surface area (Å²) in [7, 11) is 0. The number of nitrogens with zero attached hydrogens (tertiary/aromatic N) is 1. The Kier molecular flexibility index (Phi) is 11.2. The molecule has 0 spiro atoms. The van der Waals surface area contributed by atoms with Crippen LogP contribution < -0.4 is 11.1 Å². The van der Waals surface area contributed by atoms with Gasteiger partial charge in [-0.25, -0.2) is 0 Å². The van der Waals surface area contributed by atoms with Crippen LogP contribution in [0.15, 0.2) is 4.99 Å². The van der Waals surface area contributed by atoms with Crippen molar-refractivity contribution in [3.63, 3.8) is 0 Å². The van der Waals surface area contributed by atoms with Crippen LogP contribution in [0.25, 0.3) is 0 Å². The highest BCUT2D eigenvalue weighted by atomic mass is 16.5. The standard InChI is InChI=1S/C16H33N3O2/c1-2-3-4-5-9-18-16(17)19-10-6-11-21-14-15-7-12-20-13-8-15/h15H,2-14H2,1H3,(H3,17,18,19). The number of hydrogen-bond acceptors (Lipinski definition) is 3. The number of rotatable bonds is 11. The number of unbranched alkanes of at least 4 members (excludes halogenated alkanes) is 3. The van der Waals surface area contributed by atoms with E-state index in [0.717, 1.165) is 65.2 Å². The van der Waals surface area contributed by atoms with E-state index in [9.17, 15) is 0 Å². The first-order valence-electron chi connectivity index (χ1n) is 8.52. The summed E-state index contributed by atoms with van der Waals surface area (Å²) in [5, 5.41) is 3.16. The van der Waals surface area contributed by atoms with Gasteiger partial charge in [0.05, 0.1) is 0 Å². The van der Waals surface area contributed by atoms with Gasteiger partial charge < -0.3 is 20.5 Å². The fourth-order valence-corrected chi connectivity index (χ4v) is 2.35. The molecule has 0 saturated carbocycles. The number of nitrogens with one attached hydrogen (secondary N) is 1. The van der Waals surface area contributed by atoms with E-state index in [0.29, 0.717) is 11.9 Å². The van der Waals surface area contributed by atoms with Crippen LogP contribution in [0.5, 0.6) is 0 Å². The Labute approximate surface area is 129 Å². The Morgan fingerprint density at radius 3 is 2.81 bits per heavy atom. The van der Waals surface area contributed by atoms with Crippen LogP contribution in [0.2, 0.25) is 0 Å². The maximum atomic E-state index is 5.80. The fraction of sp³-hybridized carbons (Fsp3) is 0.938. The largest absolute Gasteiger partial charge is 0.381 e. The zero-order valence-electron chi connectivity index (χ0n) is 13.6. The molecule has 1 fully saturated rings. The molecule has 0 aromatic carbocycles. The van der Waals surface area contributed by atoms with Crippen molar-refractivity contribution < 1.29 is 9.47 Å². The monoisotopic (exact) mass is 299 g/mol. The smallest absolute Gasteiger partial charge is 0.188 e. The summed E-state index contributed by atoms with van der Waals surface area (Å²) in [4.78, 5) is 4.31. The number of guanidine groups is 1. The second-order valence-corrected chi connectivity index (χ2v) is 5.74. The van der Waals surface area contributed by atoms with E-state index in [4.69, 9.17) is 15.2 Å². The van der Waals surface area contributed by atoms with E-state index in [2.05, 4.69) is 17.2 Å². The summed E-state index contributed by atoms with van der Waals surface area (Å²) >= 11 is 0. The highest BCUT2D eigenvalue weighted by molar-refractivity contribution is 5.77. The van der Waals surface area contributed by atoms with Crippen molar-refractivity contribution in [2.45, 2.75) is 51.9 Å². The van der Waals surface area contributed by atoms with Crippen LogP contribution >= 0.6 is 0 Å². The van der Waals surface area contributed by atoms with Crippen molar-refractivity contribution in [2.24, 2.45) is 16.6 Å². The first-order chi connectivity index (χ1) is 10.3. The molecule has 1 rings (SSSR count). The molecule has 0 bridgehead atoms. The van der Waals surface area contributed by atoms with Crippen LogP contribution in [-0.4, -0.2) is 45.5 Å². The first-order valence-corrected chi connectivity index (χ1v) is 8.52. The molecule has 124 valence electrons. The molecule has 0 atom stereocenters. The zero-order valence-corrected chi connectivity index (χ0v) is 13.6. The van der Waals surface area contributed by atoms with Crippen molar-refractivity contribution in [3.05, 3.63) is 0 Å². The number of hydrogen-bond donors (Lipinski definition) is 2. The molecule has 5 nitrogen and oxygen atoms in total. The van der Waals surface area contributed by atoms with Gasteiger partial charge in [-0.3, -0.25) is 4.99 Å². The molecule has 0 unspecified atom stereocenters. The average Bonchev–Trinajstić information content (AvgIpc) is 2.51. The molecule has 5 heteroatoms. The van der Waals surface area contributed by atoms with Gasteiger partial charge in [0, 0.05) is 39.5 Å². The molecular formula is C16H33N3O2. The molecule has 0 aromatic heterocycles. The molecule has 1 aliphatic rings. The summed E-state index contributed by atoms with van der Waals surface area (Å²) in [6.07, 6.45) is 8.18. The number of aliphatic imine (C=N–C) groups is 1. The van der Waals surface area contributed by atoms with Crippen LogP contribution in [0.1, 0.15) is 51.9 Å². The van der Waals surface area contributed by atoms with E-state index in [1.165, 1.54) is 19.3 Å². The third-order valence-corrected chi connectivity index (χ3v) is 3.76. The van der Waals surface area contributed by atoms with Crippen LogP contribution in [0.4, 0.5) is 0 Å². The van der Waals surface area contributed by atoms with Crippen molar-refractivity contribution >= 4 is 5.96 Å². The van der Waals surface area contributed by atoms with Crippen LogP contribution in [0.3, 0.4) is 0 Å². The molecule has 1 aliphatic heterocycles. The molecule has 3 N–H and O–H groups in total. The van der Waals surface area contributed by atoms with Gasteiger partial charge in [0.25, 0.3) is 0 Å². The summed E-state index contributed by atoms with van der Waals surface area (Å²) in [5.41, 5.74) is 5.80. The van der Waals surface area contributed by atoms with Crippen LogP contribution in [0, 0.1) is 5.92 Å². The number of nitrogens with two attached hydrogens (primary N) is 1. The quantitative estimate of drug-likeness (QED) is 0.349. The normalized spacial score (nSPS) is 17.1. The Balaban J connectivity index is 1.88. The zero-order chi connectivity index (χ0) is 15.2. The van der Waals surface area contributed by atoms with Gasteiger partial charge >= 0.3 is 0 Å². The lowest BCUT2D eigenvalue weighted by atomic mass is 10.0. The van der Waals surface area contributed by atoms with Crippen molar-refractivity contribution in [1.29, 1.82) is 0 Å². The molecule has 21 heavy (non-hydrogen) atoms. The summed E-state index contributed by atoms with van der Waals surface area (Å²) in [6, 6.07) is 0. The molecule has 1 heterocycles. The van der Waals surface area contributed by atoms with Gasteiger partial charge in [0.1, 0.15) is 0 Å². The lowest BCUT2D eigenvalue weighted by Gasteiger charge is -2.21. The Hall–Kier alpha value is -0.810. The maximum absolute atomic E-state index is 5.80. The fourth-order valence-electron chi connectivity index (χ4n) is 2.35. The Bertz CT molecular complexity index is 266. The Morgan fingerprint density at radius 2 is 2.05 bits per heavy atom. The van der Waals surface area contributed by atoms with E-state index < -0.39 is 0 Å². The van der Waals surface area contributed by atoms with Gasteiger partial charge in [-0.1, -0.05) is 26.2 Å².